The largest absolute Gasteiger partial charge is 0.390 e. The molecule has 0 radical (unpaired) electrons. The van der Waals surface area contributed by atoms with E-state index in [0.717, 1.165) is 44.1 Å². The van der Waals surface area contributed by atoms with Gasteiger partial charge in [-0.05, 0) is 56.1 Å². The lowest BCUT2D eigenvalue weighted by molar-refractivity contribution is 0.101. The van der Waals surface area contributed by atoms with Gasteiger partial charge in [-0.25, -0.2) is 8.78 Å². The maximum absolute atomic E-state index is 13.5. The van der Waals surface area contributed by atoms with Gasteiger partial charge in [0.15, 0.2) is 0 Å². The van der Waals surface area contributed by atoms with Crippen molar-refractivity contribution in [2.24, 2.45) is 5.73 Å². The van der Waals surface area contributed by atoms with Gasteiger partial charge in [0, 0.05) is 12.6 Å². The van der Waals surface area contributed by atoms with E-state index < -0.39 is 23.8 Å². The van der Waals surface area contributed by atoms with Crippen molar-refractivity contribution < 1.29 is 13.9 Å². The Morgan fingerprint density at radius 2 is 1.95 bits per heavy atom. The average molecular weight is 270 g/mol. The molecule has 0 amide bonds. The molecule has 1 aliphatic heterocycles. The van der Waals surface area contributed by atoms with Crippen molar-refractivity contribution in [3.8, 4) is 0 Å². The summed E-state index contributed by atoms with van der Waals surface area (Å²) in [7, 11) is 0. The highest BCUT2D eigenvalue weighted by molar-refractivity contribution is 5.20. The summed E-state index contributed by atoms with van der Waals surface area (Å²) in [6, 6.07) is 2.71. The SMILES string of the molecule is N[C@H](Cc1cc(F)ccc1F)[C@@H](O)CN1CCCC1. The second-order valence-corrected chi connectivity index (χ2v) is 5.18. The molecule has 1 heterocycles. The minimum atomic E-state index is -0.722. The molecule has 0 spiro atoms. The van der Waals surface area contributed by atoms with Gasteiger partial charge in [-0.3, -0.25) is 0 Å². The van der Waals surface area contributed by atoms with Crippen molar-refractivity contribution in [3.63, 3.8) is 0 Å². The van der Waals surface area contributed by atoms with E-state index in [4.69, 9.17) is 5.73 Å². The molecular formula is C14H20F2N2O. The predicted molar refractivity (Wildman–Crippen MR) is 69.7 cm³/mol. The molecular weight excluding hydrogens is 250 g/mol. The molecule has 0 unspecified atom stereocenters. The van der Waals surface area contributed by atoms with Gasteiger partial charge in [-0.15, -0.1) is 0 Å². The van der Waals surface area contributed by atoms with Crippen LogP contribution in [0.4, 0.5) is 8.78 Å². The second kappa shape index (κ2) is 6.41. The third-order valence-electron chi connectivity index (χ3n) is 3.60. The van der Waals surface area contributed by atoms with Crippen LogP contribution >= 0.6 is 0 Å². The molecule has 1 aromatic carbocycles. The summed E-state index contributed by atoms with van der Waals surface area (Å²) >= 11 is 0. The molecule has 19 heavy (non-hydrogen) atoms. The second-order valence-electron chi connectivity index (χ2n) is 5.18. The highest BCUT2D eigenvalue weighted by Gasteiger charge is 2.21. The van der Waals surface area contributed by atoms with Crippen LogP contribution in [0.1, 0.15) is 18.4 Å². The third-order valence-corrected chi connectivity index (χ3v) is 3.60. The molecule has 106 valence electrons. The quantitative estimate of drug-likeness (QED) is 0.847. The molecule has 2 rings (SSSR count). The van der Waals surface area contributed by atoms with Gasteiger partial charge in [0.05, 0.1) is 6.10 Å². The topological polar surface area (TPSA) is 49.5 Å². The predicted octanol–water partition coefficient (Wildman–Crippen LogP) is 1.29. The molecule has 5 heteroatoms. The van der Waals surface area contributed by atoms with Crippen molar-refractivity contribution in [2.45, 2.75) is 31.4 Å². The van der Waals surface area contributed by atoms with Crippen LogP contribution in [-0.4, -0.2) is 41.8 Å². The summed E-state index contributed by atoms with van der Waals surface area (Å²) in [5.74, 6) is -0.970. The van der Waals surface area contributed by atoms with E-state index in [2.05, 4.69) is 4.90 Å². The number of hydrogen-bond donors (Lipinski definition) is 2. The Balaban J connectivity index is 1.91. The lowest BCUT2D eigenvalue weighted by Crippen LogP contribution is -2.44. The number of benzene rings is 1. The Bertz CT molecular complexity index is 422. The third kappa shape index (κ3) is 3.96. The van der Waals surface area contributed by atoms with E-state index in [9.17, 15) is 13.9 Å². The number of likely N-dealkylation sites (tertiary alicyclic amines) is 1. The van der Waals surface area contributed by atoms with Crippen LogP contribution in [0, 0.1) is 11.6 Å². The highest BCUT2D eigenvalue weighted by Crippen LogP contribution is 2.14. The summed E-state index contributed by atoms with van der Waals surface area (Å²) in [5, 5.41) is 10.0. The number of rotatable bonds is 5. The van der Waals surface area contributed by atoms with Gasteiger partial charge in [0.2, 0.25) is 0 Å². The molecule has 3 N–H and O–H groups in total. The highest BCUT2D eigenvalue weighted by atomic mass is 19.1. The van der Waals surface area contributed by atoms with Gasteiger partial charge in [0.25, 0.3) is 0 Å². The number of hydrogen-bond acceptors (Lipinski definition) is 3. The zero-order valence-corrected chi connectivity index (χ0v) is 10.9. The monoisotopic (exact) mass is 270 g/mol. The maximum atomic E-state index is 13.5. The Labute approximate surface area is 112 Å². The van der Waals surface area contributed by atoms with E-state index >= 15 is 0 Å². The first-order valence-corrected chi connectivity index (χ1v) is 6.66. The smallest absolute Gasteiger partial charge is 0.126 e. The van der Waals surface area contributed by atoms with E-state index in [1.165, 1.54) is 0 Å². The van der Waals surface area contributed by atoms with Gasteiger partial charge in [0.1, 0.15) is 11.6 Å². The summed E-state index contributed by atoms with van der Waals surface area (Å²) in [5.41, 5.74) is 6.10. The Hall–Kier alpha value is -1.04. The molecule has 2 atom stereocenters. The number of nitrogens with zero attached hydrogens (tertiary/aromatic N) is 1. The first kappa shape index (κ1) is 14.4. The van der Waals surface area contributed by atoms with Gasteiger partial charge >= 0.3 is 0 Å². The first-order chi connectivity index (χ1) is 9.06. The van der Waals surface area contributed by atoms with Crippen LogP contribution < -0.4 is 5.73 Å². The summed E-state index contributed by atoms with van der Waals surface area (Å²) in [6.07, 6.45) is 1.69. The standard InChI is InChI=1S/C14H20F2N2O/c15-11-3-4-12(16)10(7-11)8-13(17)14(19)9-18-5-1-2-6-18/h3-4,7,13-14,19H,1-2,5-6,8-9,17H2/t13-,14+/m1/s1. The van der Waals surface area contributed by atoms with Crippen molar-refractivity contribution >= 4 is 0 Å². The van der Waals surface area contributed by atoms with Gasteiger partial charge in [-0.2, -0.15) is 0 Å². The van der Waals surface area contributed by atoms with Gasteiger partial charge in [-0.1, -0.05) is 0 Å². The lowest BCUT2D eigenvalue weighted by atomic mass is 10.0. The molecule has 1 aromatic rings. The Morgan fingerprint density at radius 1 is 1.26 bits per heavy atom. The molecule has 0 aliphatic carbocycles. The van der Waals surface area contributed by atoms with Crippen LogP contribution in [0.15, 0.2) is 18.2 Å². The fraction of sp³-hybridized carbons (Fsp3) is 0.571. The number of aliphatic hydroxyl groups excluding tert-OH is 1. The minimum Gasteiger partial charge on any atom is -0.390 e. The van der Waals surface area contributed by atoms with Crippen LogP contribution in [-0.2, 0) is 6.42 Å². The van der Waals surface area contributed by atoms with Crippen LogP contribution in [0.2, 0.25) is 0 Å². The maximum Gasteiger partial charge on any atom is 0.126 e. The van der Waals surface area contributed by atoms with Crippen molar-refractivity contribution in [1.29, 1.82) is 0 Å². The van der Waals surface area contributed by atoms with E-state index in [-0.39, 0.29) is 12.0 Å². The molecule has 3 nitrogen and oxygen atoms in total. The average Bonchev–Trinajstić information content (AvgIpc) is 2.86. The fourth-order valence-electron chi connectivity index (χ4n) is 2.45. The van der Waals surface area contributed by atoms with Crippen molar-refractivity contribution in [2.75, 3.05) is 19.6 Å². The molecule has 1 aliphatic rings. The van der Waals surface area contributed by atoms with Crippen LogP contribution in [0.3, 0.4) is 0 Å². The zero-order valence-electron chi connectivity index (χ0n) is 10.9. The molecule has 0 aromatic heterocycles. The van der Waals surface area contributed by atoms with E-state index in [0.29, 0.717) is 6.54 Å². The normalized spacial score (nSPS) is 19.6. The van der Waals surface area contributed by atoms with Crippen molar-refractivity contribution in [3.05, 3.63) is 35.4 Å². The van der Waals surface area contributed by atoms with Crippen molar-refractivity contribution in [1.82, 2.24) is 4.90 Å². The number of nitrogens with two attached hydrogens (primary N) is 1. The fourth-order valence-corrected chi connectivity index (χ4v) is 2.45. The minimum absolute atomic E-state index is 0.138. The molecule has 0 bridgehead atoms. The molecule has 1 fully saturated rings. The van der Waals surface area contributed by atoms with Crippen LogP contribution in [0.25, 0.3) is 0 Å². The Kier molecular flexibility index (Phi) is 4.85. The van der Waals surface area contributed by atoms with Crippen LogP contribution in [0.5, 0.6) is 0 Å². The zero-order chi connectivity index (χ0) is 13.8. The lowest BCUT2D eigenvalue weighted by Gasteiger charge is -2.24. The summed E-state index contributed by atoms with van der Waals surface area (Å²) in [6.45, 7) is 2.44. The molecule has 1 saturated heterocycles. The van der Waals surface area contributed by atoms with E-state index in [1.54, 1.807) is 0 Å². The Morgan fingerprint density at radius 3 is 2.63 bits per heavy atom. The number of halogens is 2. The summed E-state index contributed by atoms with van der Waals surface area (Å²) < 4.78 is 26.5. The first-order valence-electron chi connectivity index (χ1n) is 6.66. The van der Waals surface area contributed by atoms with Gasteiger partial charge < -0.3 is 15.7 Å². The van der Waals surface area contributed by atoms with E-state index in [1.807, 2.05) is 0 Å². The number of β-amino-alcohol motifs (C(OH)–C–C–N with tert-alkyl or cyclic N) is 1. The molecule has 0 saturated carbocycles. The number of aliphatic hydroxyl groups is 1. The summed E-state index contributed by atoms with van der Waals surface area (Å²) in [4.78, 5) is 2.15.